The van der Waals surface area contributed by atoms with Crippen LogP contribution in [0.5, 0.6) is 0 Å². The van der Waals surface area contributed by atoms with Gasteiger partial charge in [-0.05, 0) is 41.5 Å². The molecular weight excluding hydrogens is 382 g/mol. The lowest BCUT2D eigenvalue weighted by molar-refractivity contribution is -0.113. The number of nitrogens with zero attached hydrogens (tertiary/aromatic N) is 2. The van der Waals surface area contributed by atoms with Gasteiger partial charge in [-0.2, -0.15) is 0 Å². The molecule has 1 heterocycles. The van der Waals surface area contributed by atoms with E-state index in [0.29, 0.717) is 22.6 Å². The molecule has 146 valence electrons. The first-order chi connectivity index (χ1) is 14.2. The van der Waals surface area contributed by atoms with Crippen LogP contribution in [0.4, 0.5) is 5.69 Å². The van der Waals surface area contributed by atoms with Crippen molar-refractivity contribution in [2.75, 3.05) is 11.1 Å². The summed E-state index contributed by atoms with van der Waals surface area (Å²) in [7, 11) is 0. The normalized spacial score (nSPS) is 11.1. The van der Waals surface area contributed by atoms with Crippen molar-refractivity contribution in [1.29, 1.82) is 0 Å². The highest BCUT2D eigenvalue weighted by atomic mass is 32.2. The topological polar surface area (TPSA) is 64.0 Å². The maximum Gasteiger partial charge on any atom is 0.262 e. The number of amides is 1. The van der Waals surface area contributed by atoms with E-state index in [9.17, 15) is 9.59 Å². The zero-order valence-corrected chi connectivity index (χ0v) is 16.9. The predicted octanol–water partition coefficient (Wildman–Crippen LogP) is 4.69. The van der Waals surface area contributed by atoms with Crippen molar-refractivity contribution in [2.24, 2.45) is 0 Å². The van der Waals surface area contributed by atoms with E-state index in [4.69, 9.17) is 0 Å². The number of nitrogens with one attached hydrogen (secondary N) is 1. The van der Waals surface area contributed by atoms with Crippen molar-refractivity contribution < 1.29 is 4.79 Å². The Balaban J connectivity index is 1.53. The minimum atomic E-state index is -0.129. The van der Waals surface area contributed by atoms with Crippen LogP contribution in [0.3, 0.4) is 0 Å². The third kappa shape index (κ3) is 4.17. The number of rotatable bonds is 6. The van der Waals surface area contributed by atoms with E-state index in [2.05, 4.69) is 10.3 Å². The van der Waals surface area contributed by atoms with Gasteiger partial charge < -0.3 is 5.32 Å². The number of benzene rings is 3. The van der Waals surface area contributed by atoms with Crippen molar-refractivity contribution in [3.63, 3.8) is 0 Å². The fraction of sp³-hybridized carbons (Fsp3) is 0.174. The average Bonchev–Trinajstić information content (AvgIpc) is 2.74. The van der Waals surface area contributed by atoms with Crippen molar-refractivity contribution in [3.8, 4) is 0 Å². The summed E-state index contributed by atoms with van der Waals surface area (Å²) >= 11 is 1.29. The second-order valence-corrected chi connectivity index (χ2v) is 7.71. The molecule has 0 aliphatic heterocycles. The Labute approximate surface area is 172 Å². The Hall–Kier alpha value is -3.12. The third-order valence-corrected chi connectivity index (χ3v) is 5.62. The highest BCUT2D eigenvalue weighted by molar-refractivity contribution is 7.99. The smallest absolute Gasteiger partial charge is 0.262 e. The Kier molecular flexibility index (Phi) is 5.62. The molecule has 0 unspecified atom stereocenters. The van der Waals surface area contributed by atoms with Gasteiger partial charge in [0, 0.05) is 12.2 Å². The Bertz CT molecular complexity index is 1250. The van der Waals surface area contributed by atoms with Crippen LogP contribution in [-0.2, 0) is 11.3 Å². The van der Waals surface area contributed by atoms with Crippen LogP contribution in [0.25, 0.3) is 21.7 Å². The number of aromatic nitrogens is 2. The van der Waals surface area contributed by atoms with E-state index in [-0.39, 0.29) is 17.2 Å². The van der Waals surface area contributed by atoms with Gasteiger partial charge in [0.05, 0.1) is 16.7 Å². The molecule has 5 nitrogen and oxygen atoms in total. The average molecular weight is 404 g/mol. The van der Waals surface area contributed by atoms with Crippen LogP contribution in [-0.4, -0.2) is 21.2 Å². The number of carbonyl (C=O) groups excluding carboxylic acids is 1. The molecule has 0 atom stereocenters. The SMILES string of the molecule is CCCn1c(SCC(=O)Nc2ccc3ccccc3c2)nc2ccccc2c1=O. The fourth-order valence-corrected chi connectivity index (χ4v) is 4.10. The molecule has 4 rings (SSSR count). The Morgan fingerprint density at radius 3 is 2.62 bits per heavy atom. The summed E-state index contributed by atoms with van der Waals surface area (Å²) in [6.45, 7) is 2.59. The lowest BCUT2D eigenvalue weighted by Gasteiger charge is -2.12. The molecule has 6 heteroatoms. The summed E-state index contributed by atoms with van der Waals surface area (Å²) in [6.07, 6.45) is 0.816. The molecule has 0 saturated heterocycles. The van der Waals surface area contributed by atoms with Gasteiger partial charge in [-0.15, -0.1) is 0 Å². The van der Waals surface area contributed by atoms with Crippen LogP contribution in [0.2, 0.25) is 0 Å². The highest BCUT2D eigenvalue weighted by Crippen LogP contribution is 2.21. The van der Waals surface area contributed by atoms with Gasteiger partial charge in [-0.25, -0.2) is 4.98 Å². The minimum Gasteiger partial charge on any atom is -0.325 e. The third-order valence-electron chi connectivity index (χ3n) is 4.64. The molecule has 4 aromatic rings. The van der Waals surface area contributed by atoms with Crippen molar-refractivity contribution >= 4 is 45.0 Å². The minimum absolute atomic E-state index is 0.0603. The monoisotopic (exact) mass is 403 g/mol. The number of hydrogen-bond donors (Lipinski definition) is 1. The number of anilines is 1. The second kappa shape index (κ2) is 8.49. The van der Waals surface area contributed by atoms with E-state index in [0.717, 1.165) is 22.9 Å². The summed E-state index contributed by atoms with van der Waals surface area (Å²) in [6, 6.07) is 21.2. The molecule has 1 amide bonds. The molecule has 0 aliphatic carbocycles. The van der Waals surface area contributed by atoms with E-state index in [1.807, 2.05) is 67.6 Å². The van der Waals surface area contributed by atoms with Crippen LogP contribution < -0.4 is 10.9 Å². The van der Waals surface area contributed by atoms with E-state index in [1.165, 1.54) is 11.8 Å². The van der Waals surface area contributed by atoms with Gasteiger partial charge in [0.25, 0.3) is 5.56 Å². The molecule has 0 bridgehead atoms. The van der Waals surface area contributed by atoms with E-state index < -0.39 is 0 Å². The van der Waals surface area contributed by atoms with E-state index in [1.54, 1.807) is 10.6 Å². The number of para-hydroxylation sites is 1. The van der Waals surface area contributed by atoms with Gasteiger partial charge in [-0.1, -0.05) is 61.2 Å². The first kappa shape index (κ1) is 19.2. The van der Waals surface area contributed by atoms with Crippen molar-refractivity contribution in [2.45, 2.75) is 25.0 Å². The summed E-state index contributed by atoms with van der Waals surface area (Å²) in [4.78, 5) is 29.9. The summed E-state index contributed by atoms with van der Waals surface area (Å²) in [5, 5.41) is 6.31. The second-order valence-electron chi connectivity index (χ2n) is 6.77. The van der Waals surface area contributed by atoms with Gasteiger partial charge >= 0.3 is 0 Å². The molecule has 0 aliphatic rings. The first-order valence-corrected chi connectivity index (χ1v) is 10.6. The van der Waals surface area contributed by atoms with Crippen molar-refractivity contribution in [3.05, 3.63) is 77.1 Å². The van der Waals surface area contributed by atoms with Gasteiger partial charge in [0.15, 0.2) is 5.16 Å². The van der Waals surface area contributed by atoms with Gasteiger partial charge in [0.2, 0.25) is 5.91 Å². The predicted molar refractivity (Wildman–Crippen MR) is 120 cm³/mol. The summed E-state index contributed by atoms with van der Waals surface area (Å²) in [5.74, 6) is 0.0529. The summed E-state index contributed by atoms with van der Waals surface area (Å²) < 4.78 is 1.66. The number of thioether (sulfide) groups is 1. The Morgan fingerprint density at radius 1 is 1.03 bits per heavy atom. The lowest BCUT2D eigenvalue weighted by atomic mass is 10.1. The zero-order chi connectivity index (χ0) is 20.2. The largest absolute Gasteiger partial charge is 0.325 e. The van der Waals surface area contributed by atoms with Gasteiger partial charge in [0.1, 0.15) is 0 Å². The molecular formula is C23H21N3O2S. The molecule has 1 N–H and O–H groups in total. The molecule has 0 saturated carbocycles. The van der Waals surface area contributed by atoms with Crippen LogP contribution in [0.15, 0.2) is 76.7 Å². The fourth-order valence-electron chi connectivity index (χ4n) is 3.27. The highest BCUT2D eigenvalue weighted by Gasteiger charge is 2.13. The lowest BCUT2D eigenvalue weighted by Crippen LogP contribution is -2.24. The zero-order valence-electron chi connectivity index (χ0n) is 16.1. The van der Waals surface area contributed by atoms with Gasteiger partial charge in [-0.3, -0.25) is 14.2 Å². The van der Waals surface area contributed by atoms with Crippen LogP contribution in [0, 0.1) is 0 Å². The molecule has 29 heavy (non-hydrogen) atoms. The van der Waals surface area contributed by atoms with Crippen LogP contribution in [0.1, 0.15) is 13.3 Å². The molecule has 0 radical (unpaired) electrons. The van der Waals surface area contributed by atoms with E-state index >= 15 is 0 Å². The number of hydrogen-bond acceptors (Lipinski definition) is 4. The quantitative estimate of drug-likeness (QED) is 0.375. The first-order valence-electron chi connectivity index (χ1n) is 9.57. The molecule has 3 aromatic carbocycles. The Morgan fingerprint density at radius 2 is 1.79 bits per heavy atom. The maximum absolute atomic E-state index is 12.8. The maximum atomic E-state index is 12.8. The number of fused-ring (bicyclic) bond motifs is 2. The molecule has 1 aromatic heterocycles. The number of carbonyl (C=O) groups is 1. The standard InChI is InChI=1S/C23H21N3O2S/c1-2-13-26-22(28)19-9-5-6-10-20(19)25-23(26)29-15-21(27)24-18-12-11-16-7-3-4-8-17(16)14-18/h3-12,14H,2,13,15H2,1H3,(H,24,27). The van der Waals surface area contributed by atoms with Crippen molar-refractivity contribution in [1.82, 2.24) is 9.55 Å². The molecule has 0 spiro atoms. The summed E-state index contributed by atoms with van der Waals surface area (Å²) in [5.41, 5.74) is 1.35. The molecule has 0 fully saturated rings. The van der Waals surface area contributed by atoms with Crippen LogP contribution >= 0.6 is 11.8 Å².